The minimum absolute atomic E-state index is 0.318. The molecule has 0 bridgehead atoms. The SMILES string of the molecule is CCCCCSCC(=O)N1CCNCC1. The lowest BCUT2D eigenvalue weighted by atomic mass is 10.3. The first kappa shape index (κ1) is 12.8. The quantitative estimate of drug-likeness (QED) is 0.699. The van der Waals surface area contributed by atoms with Gasteiger partial charge in [-0.05, 0) is 12.2 Å². The number of thioether (sulfide) groups is 1. The summed E-state index contributed by atoms with van der Waals surface area (Å²) in [5, 5.41) is 3.25. The molecule has 3 nitrogen and oxygen atoms in total. The molecule has 15 heavy (non-hydrogen) atoms. The second-order valence-electron chi connectivity index (χ2n) is 3.89. The van der Waals surface area contributed by atoms with Crippen LogP contribution in [0.15, 0.2) is 0 Å². The van der Waals surface area contributed by atoms with Gasteiger partial charge in [0, 0.05) is 26.2 Å². The topological polar surface area (TPSA) is 32.3 Å². The molecule has 1 amide bonds. The maximum absolute atomic E-state index is 11.7. The molecule has 0 atom stereocenters. The number of amides is 1. The number of rotatable bonds is 6. The van der Waals surface area contributed by atoms with Gasteiger partial charge >= 0.3 is 0 Å². The summed E-state index contributed by atoms with van der Waals surface area (Å²) >= 11 is 1.78. The molecule has 1 heterocycles. The van der Waals surface area contributed by atoms with Crippen molar-refractivity contribution in [2.45, 2.75) is 26.2 Å². The highest BCUT2D eigenvalue weighted by Gasteiger charge is 2.15. The van der Waals surface area contributed by atoms with Gasteiger partial charge in [-0.25, -0.2) is 0 Å². The number of nitrogens with zero attached hydrogens (tertiary/aromatic N) is 1. The number of nitrogens with one attached hydrogen (secondary N) is 1. The minimum Gasteiger partial charge on any atom is -0.339 e. The van der Waals surface area contributed by atoms with Gasteiger partial charge < -0.3 is 10.2 Å². The summed E-state index contributed by atoms with van der Waals surface area (Å²) in [4.78, 5) is 13.7. The van der Waals surface area contributed by atoms with E-state index in [2.05, 4.69) is 12.2 Å². The van der Waals surface area contributed by atoms with Crippen LogP contribution < -0.4 is 5.32 Å². The molecule has 1 rings (SSSR count). The molecule has 1 N–H and O–H groups in total. The van der Waals surface area contributed by atoms with Gasteiger partial charge in [0.05, 0.1) is 5.75 Å². The van der Waals surface area contributed by atoms with Gasteiger partial charge in [-0.2, -0.15) is 11.8 Å². The van der Waals surface area contributed by atoms with Crippen LogP contribution in [0.1, 0.15) is 26.2 Å². The molecule has 1 fully saturated rings. The molecule has 0 aliphatic carbocycles. The minimum atomic E-state index is 0.318. The van der Waals surface area contributed by atoms with Gasteiger partial charge in [0.2, 0.25) is 5.91 Å². The van der Waals surface area contributed by atoms with Crippen LogP contribution in [0.4, 0.5) is 0 Å². The van der Waals surface area contributed by atoms with E-state index in [1.165, 1.54) is 19.3 Å². The summed E-state index contributed by atoms with van der Waals surface area (Å²) in [7, 11) is 0. The third-order valence-corrected chi connectivity index (χ3v) is 3.62. The number of carbonyl (C=O) groups excluding carboxylic acids is 1. The third-order valence-electron chi connectivity index (χ3n) is 2.59. The number of unbranched alkanes of at least 4 members (excludes halogenated alkanes) is 2. The summed E-state index contributed by atoms with van der Waals surface area (Å²) in [6, 6.07) is 0. The Morgan fingerprint density at radius 1 is 1.33 bits per heavy atom. The van der Waals surface area contributed by atoms with Crippen molar-refractivity contribution in [2.24, 2.45) is 0 Å². The Bertz CT molecular complexity index is 181. The van der Waals surface area contributed by atoms with Gasteiger partial charge in [0.1, 0.15) is 0 Å². The smallest absolute Gasteiger partial charge is 0.232 e. The number of piperazine rings is 1. The molecule has 1 aliphatic heterocycles. The molecule has 0 saturated carbocycles. The zero-order valence-corrected chi connectivity index (χ0v) is 10.4. The van der Waals surface area contributed by atoms with E-state index in [1.807, 2.05) is 4.90 Å². The summed E-state index contributed by atoms with van der Waals surface area (Å²) in [5.41, 5.74) is 0. The van der Waals surface area contributed by atoms with Gasteiger partial charge in [-0.15, -0.1) is 0 Å². The monoisotopic (exact) mass is 230 g/mol. The predicted octanol–water partition coefficient (Wildman–Crippen LogP) is 1.34. The fraction of sp³-hybridized carbons (Fsp3) is 0.909. The van der Waals surface area contributed by atoms with Crippen molar-refractivity contribution in [2.75, 3.05) is 37.7 Å². The molecule has 0 aromatic carbocycles. The molecule has 0 spiro atoms. The van der Waals surface area contributed by atoms with E-state index in [-0.39, 0.29) is 0 Å². The number of hydrogen-bond donors (Lipinski definition) is 1. The summed E-state index contributed by atoms with van der Waals surface area (Å²) in [6.07, 6.45) is 3.79. The summed E-state index contributed by atoms with van der Waals surface area (Å²) < 4.78 is 0. The van der Waals surface area contributed by atoms with Crippen LogP contribution in [-0.2, 0) is 4.79 Å². The Morgan fingerprint density at radius 2 is 2.07 bits per heavy atom. The van der Waals surface area contributed by atoms with E-state index in [1.54, 1.807) is 11.8 Å². The Labute approximate surface area is 97.0 Å². The Morgan fingerprint density at radius 3 is 2.73 bits per heavy atom. The van der Waals surface area contributed by atoms with E-state index < -0.39 is 0 Å². The van der Waals surface area contributed by atoms with Crippen LogP contribution in [0.5, 0.6) is 0 Å². The fourth-order valence-corrected chi connectivity index (χ4v) is 2.53. The van der Waals surface area contributed by atoms with Crippen LogP contribution >= 0.6 is 11.8 Å². The molecular weight excluding hydrogens is 208 g/mol. The highest BCUT2D eigenvalue weighted by Crippen LogP contribution is 2.07. The molecule has 0 aromatic rings. The van der Waals surface area contributed by atoms with Gasteiger partial charge in [-0.1, -0.05) is 19.8 Å². The summed E-state index contributed by atoms with van der Waals surface area (Å²) in [6.45, 7) is 5.87. The first-order valence-electron chi connectivity index (χ1n) is 5.91. The van der Waals surface area contributed by atoms with Gasteiger partial charge in [0.15, 0.2) is 0 Å². The Balaban J connectivity index is 2.02. The summed E-state index contributed by atoms with van der Waals surface area (Å²) in [5.74, 6) is 2.12. The zero-order valence-electron chi connectivity index (χ0n) is 9.63. The average Bonchev–Trinajstić information content (AvgIpc) is 2.30. The van der Waals surface area contributed by atoms with E-state index in [0.29, 0.717) is 11.7 Å². The molecule has 0 aromatic heterocycles. The Kier molecular flexibility index (Phi) is 6.85. The van der Waals surface area contributed by atoms with E-state index in [4.69, 9.17) is 0 Å². The van der Waals surface area contributed by atoms with E-state index >= 15 is 0 Å². The lowest BCUT2D eigenvalue weighted by molar-refractivity contribution is -0.128. The first-order valence-corrected chi connectivity index (χ1v) is 7.06. The van der Waals surface area contributed by atoms with Crippen molar-refractivity contribution < 1.29 is 4.79 Å². The van der Waals surface area contributed by atoms with Crippen molar-refractivity contribution in [1.82, 2.24) is 10.2 Å². The lowest BCUT2D eigenvalue weighted by Crippen LogP contribution is -2.47. The zero-order chi connectivity index (χ0) is 10.9. The van der Waals surface area contributed by atoms with Crippen LogP contribution in [0.25, 0.3) is 0 Å². The normalized spacial score (nSPS) is 16.7. The largest absolute Gasteiger partial charge is 0.339 e. The maximum atomic E-state index is 11.7. The highest BCUT2D eigenvalue weighted by atomic mass is 32.2. The molecule has 1 aliphatic rings. The van der Waals surface area contributed by atoms with Crippen molar-refractivity contribution >= 4 is 17.7 Å². The van der Waals surface area contributed by atoms with Gasteiger partial charge in [-0.3, -0.25) is 4.79 Å². The van der Waals surface area contributed by atoms with Crippen molar-refractivity contribution in [3.05, 3.63) is 0 Å². The predicted molar refractivity (Wildman–Crippen MR) is 66.3 cm³/mol. The standard InChI is InChI=1S/C11H22N2OS/c1-2-3-4-9-15-10-11(14)13-7-5-12-6-8-13/h12H,2-10H2,1H3. The highest BCUT2D eigenvalue weighted by molar-refractivity contribution is 7.99. The van der Waals surface area contributed by atoms with E-state index in [9.17, 15) is 4.79 Å². The Hall–Kier alpha value is -0.220. The van der Waals surface area contributed by atoms with Crippen LogP contribution in [0.2, 0.25) is 0 Å². The third kappa shape index (κ3) is 5.42. The fourth-order valence-electron chi connectivity index (χ4n) is 1.62. The second kappa shape index (κ2) is 7.99. The van der Waals surface area contributed by atoms with Crippen molar-refractivity contribution in [3.63, 3.8) is 0 Å². The number of carbonyl (C=O) groups is 1. The molecular formula is C11H22N2OS. The average molecular weight is 230 g/mol. The lowest BCUT2D eigenvalue weighted by Gasteiger charge is -2.27. The van der Waals surface area contributed by atoms with Crippen molar-refractivity contribution in [3.8, 4) is 0 Å². The molecule has 0 radical (unpaired) electrons. The van der Waals surface area contributed by atoms with Crippen LogP contribution in [0, 0.1) is 0 Å². The second-order valence-corrected chi connectivity index (χ2v) is 5.00. The number of hydrogen-bond acceptors (Lipinski definition) is 3. The van der Waals surface area contributed by atoms with Crippen molar-refractivity contribution in [1.29, 1.82) is 0 Å². The first-order chi connectivity index (χ1) is 7.34. The molecule has 1 saturated heterocycles. The van der Waals surface area contributed by atoms with Gasteiger partial charge in [0.25, 0.3) is 0 Å². The van der Waals surface area contributed by atoms with Crippen LogP contribution in [-0.4, -0.2) is 48.5 Å². The maximum Gasteiger partial charge on any atom is 0.232 e. The van der Waals surface area contributed by atoms with Crippen LogP contribution in [0.3, 0.4) is 0 Å². The molecule has 88 valence electrons. The molecule has 4 heteroatoms. The molecule has 0 unspecified atom stereocenters. The van der Waals surface area contributed by atoms with E-state index in [0.717, 1.165) is 31.9 Å².